The van der Waals surface area contributed by atoms with Gasteiger partial charge in [-0.2, -0.15) is 0 Å². The number of rotatable bonds is 4. The summed E-state index contributed by atoms with van der Waals surface area (Å²) in [5.74, 6) is -0.210. The van der Waals surface area contributed by atoms with Gasteiger partial charge in [0.15, 0.2) is 0 Å². The van der Waals surface area contributed by atoms with Crippen LogP contribution in [-0.2, 0) is 4.79 Å². The zero-order chi connectivity index (χ0) is 18.1. The lowest BCUT2D eigenvalue weighted by atomic mass is 9.89. The summed E-state index contributed by atoms with van der Waals surface area (Å²) in [5.41, 5.74) is 2.00. The number of carbonyl (C=O) groups excluding carboxylic acids is 1. The Bertz CT molecular complexity index is 747. The fraction of sp³-hybridized carbons (Fsp3) is 0.409. The Morgan fingerprint density at radius 2 is 1.58 bits per heavy atom. The number of nitrogens with one attached hydrogen (secondary N) is 1. The summed E-state index contributed by atoms with van der Waals surface area (Å²) in [6.45, 7) is 0. The van der Waals surface area contributed by atoms with Crippen molar-refractivity contribution in [2.45, 2.75) is 49.7 Å². The van der Waals surface area contributed by atoms with Crippen molar-refractivity contribution >= 4 is 17.5 Å². The molecular formula is C22H25ClN2O. The molecule has 3 unspecified atom stereocenters. The van der Waals surface area contributed by atoms with Gasteiger partial charge in [0.1, 0.15) is 0 Å². The molecule has 0 spiro atoms. The molecule has 1 amide bonds. The van der Waals surface area contributed by atoms with Crippen molar-refractivity contribution in [3.8, 4) is 0 Å². The Hall–Kier alpha value is -1.84. The minimum absolute atomic E-state index is 0.0903. The second-order valence-electron chi connectivity index (χ2n) is 7.62. The average molecular weight is 369 g/mol. The predicted molar refractivity (Wildman–Crippen MR) is 105 cm³/mol. The minimum Gasteiger partial charge on any atom is -0.352 e. The molecule has 2 bridgehead atoms. The van der Waals surface area contributed by atoms with E-state index in [2.05, 4.69) is 17.3 Å². The van der Waals surface area contributed by atoms with Crippen LogP contribution in [0.3, 0.4) is 0 Å². The van der Waals surface area contributed by atoms with Gasteiger partial charge in [-0.05, 0) is 56.0 Å². The van der Waals surface area contributed by atoms with Crippen LogP contribution in [-0.4, -0.2) is 36.0 Å². The normalized spacial score (nSPS) is 26.5. The maximum absolute atomic E-state index is 13.3. The van der Waals surface area contributed by atoms with Gasteiger partial charge in [0, 0.05) is 23.1 Å². The first-order chi connectivity index (χ1) is 12.6. The fourth-order valence-electron chi connectivity index (χ4n) is 4.61. The lowest BCUT2D eigenvalue weighted by molar-refractivity contribution is -0.122. The molecule has 0 aromatic heterocycles. The largest absolute Gasteiger partial charge is 0.352 e. The second kappa shape index (κ2) is 7.42. The molecule has 1 N–H and O–H groups in total. The van der Waals surface area contributed by atoms with Crippen molar-refractivity contribution in [3.63, 3.8) is 0 Å². The third kappa shape index (κ3) is 3.51. The van der Waals surface area contributed by atoms with Gasteiger partial charge < -0.3 is 10.2 Å². The van der Waals surface area contributed by atoms with E-state index in [1.807, 2.05) is 54.6 Å². The monoisotopic (exact) mass is 368 g/mol. The summed E-state index contributed by atoms with van der Waals surface area (Å²) in [6, 6.07) is 19.1. The molecule has 3 nitrogen and oxygen atoms in total. The highest BCUT2D eigenvalue weighted by Gasteiger charge is 2.39. The van der Waals surface area contributed by atoms with Crippen LogP contribution in [0.5, 0.6) is 0 Å². The van der Waals surface area contributed by atoms with Gasteiger partial charge in [-0.25, -0.2) is 0 Å². The Labute approximate surface area is 160 Å². The molecule has 26 heavy (non-hydrogen) atoms. The lowest BCUT2D eigenvalue weighted by Gasteiger charge is -2.37. The minimum atomic E-state index is -0.300. The van der Waals surface area contributed by atoms with Crippen LogP contribution in [0.15, 0.2) is 54.6 Å². The summed E-state index contributed by atoms with van der Waals surface area (Å²) >= 11 is 6.05. The van der Waals surface area contributed by atoms with Crippen LogP contribution in [0, 0.1) is 0 Å². The Balaban J connectivity index is 1.56. The number of carbonyl (C=O) groups is 1. The van der Waals surface area contributed by atoms with Crippen LogP contribution in [0.1, 0.15) is 42.7 Å². The van der Waals surface area contributed by atoms with Crippen molar-refractivity contribution < 1.29 is 4.79 Å². The van der Waals surface area contributed by atoms with Gasteiger partial charge in [0.25, 0.3) is 0 Å². The molecule has 0 saturated carbocycles. The highest BCUT2D eigenvalue weighted by atomic mass is 35.5. The van der Waals surface area contributed by atoms with Crippen molar-refractivity contribution in [2.24, 2.45) is 0 Å². The fourth-order valence-corrected chi connectivity index (χ4v) is 4.74. The summed E-state index contributed by atoms with van der Waals surface area (Å²) in [5, 5.41) is 4.04. The van der Waals surface area contributed by atoms with E-state index in [4.69, 9.17) is 11.6 Å². The van der Waals surface area contributed by atoms with E-state index < -0.39 is 0 Å². The van der Waals surface area contributed by atoms with Crippen molar-refractivity contribution in [3.05, 3.63) is 70.7 Å². The van der Waals surface area contributed by atoms with Gasteiger partial charge in [0.2, 0.25) is 5.91 Å². The van der Waals surface area contributed by atoms with E-state index in [0.717, 1.165) is 24.0 Å². The average Bonchev–Trinajstić information content (AvgIpc) is 2.85. The molecule has 0 radical (unpaired) electrons. The SMILES string of the molecule is CN1C2CCC1CC(NC(=O)C(c1ccccc1)c1ccc(Cl)cc1)C2. The van der Waals surface area contributed by atoms with Crippen LogP contribution in [0.25, 0.3) is 0 Å². The predicted octanol–water partition coefficient (Wildman–Crippen LogP) is 4.21. The van der Waals surface area contributed by atoms with Crippen LogP contribution in [0.2, 0.25) is 5.02 Å². The molecule has 4 heteroatoms. The number of hydrogen-bond acceptors (Lipinski definition) is 2. The van der Waals surface area contributed by atoms with Crippen molar-refractivity contribution in [1.29, 1.82) is 0 Å². The van der Waals surface area contributed by atoms with Crippen LogP contribution >= 0.6 is 11.6 Å². The lowest BCUT2D eigenvalue weighted by Crippen LogP contribution is -2.49. The van der Waals surface area contributed by atoms with Gasteiger partial charge in [0.05, 0.1) is 5.92 Å². The quantitative estimate of drug-likeness (QED) is 0.876. The third-order valence-corrected chi connectivity index (χ3v) is 6.30. The van der Waals surface area contributed by atoms with Gasteiger partial charge >= 0.3 is 0 Å². The summed E-state index contributed by atoms with van der Waals surface area (Å²) in [7, 11) is 2.22. The molecule has 2 aliphatic heterocycles. The molecule has 0 aliphatic carbocycles. The molecule has 2 aliphatic rings. The van der Waals surface area contributed by atoms with E-state index in [-0.39, 0.29) is 17.9 Å². The van der Waals surface area contributed by atoms with E-state index in [1.54, 1.807) is 0 Å². The molecule has 2 aromatic rings. The van der Waals surface area contributed by atoms with Crippen LogP contribution < -0.4 is 5.32 Å². The first-order valence-electron chi connectivity index (χ1n) is 9.44. The third-order valence-electron chi connectivity index (χ3n) is 6.04. The van der Waals surface area contributed by atoms with E-state index in [1.165, 1.54) is 12.8 Å². The van der Waals surface area contributed by atoms with Crippen LogP contribution in [0.4, 0.5) is 0 Å². The maximum Gasteiger partial charge on any atom is 0.232 e. The molecule has 2 saturated heterocycles. The van der Waals surface area contributed by atoms with Crippen molar-refractivity contribution in [2.75, 3.05) is 7.05 Å². The number of amides is 1. The standard InChI is InChI=1S/C22H25ClN2O/c1-25-19-11-12-20(25)14-18(13-19)24-22(26)21(15-5-3-2-4-6-15)16-7-9-17(23)10-8-16/h2-10,18-21H,11-14H2,1H3,(H,24,26). The van der Waals surface area contributed by atoms with E-state index >= 15 is 0 Å². The number of halogens is 1. The smallest absolute Gasteiger partial charge is 0.232 e. The zero-order valence-corrected chi connectivity index (χ0v) is 15.8. The van der Waals surface area contributed by atoms with E-state index in [9.17, 15) is 4.79 Å². The highest BCUT2D eigenvalue weighted by molar-refractivity contribution is 6.30. The Morgan fingerprint density at radius 1 is 1.00 bits per heavy atom. The molecule has 3 atom stereocenters. The number of piperidine rings is 1. The molecule has 136 valence electrons. The van der Waals surface area contributed by atoms with E-state index in [0.29, 0.717) is 17.1 Å². The van der Waals surface area contributed by atoms with Gasteiger partial charge in [-0.3, -0.25) is 4.79 Å². The Kier molecular flexibility index (Phi) is 5.01. The molecule has 2 fully saturated rings. The maximum atomic E-state index is 13.3. The molecule has 2 aromatic carbocycles. The van der Waals surface area contributed by atoms with Crippen molar-refractivity contribution in [1.82, 2.24) is 10.2 Å². The Morgan fingerprint density at radius 3 is 2.19 bits per heavy atom. The highest BCUT2D eigenvalue weighted by Crippen LogP contribution is 2.35. The van der Waals surface area contributed by atoms with Gasteiger partial charge in [-0.15, -0.1) is 0 Å². The van der Waals surface area contributed by atoms with Gasteiger partial charge in [-0.1, -0.05) is 54.1 Å². The second-order valence-corrected chi connectivity index (χ2v) is 8.06. The molecule has 4 rings (SSSR count). The summed E-state index contributed by atoms with van der Waals surface area (Å²) in [4.78, 5) is 15.8. The summed E-state index contributed by atoms with van der Waals surface area (Å²) < 4.78 is 0. The first-order valence-corrected chi connectivity index (χ1v) is 9.82. The number of hydrogen-bond donors (Lipinski definition) is 1. The number of benzene rings is 2. The molecular weight excluding hydrogens is 344 g/mol. The summed E-state index contributed by atoms with van der Waals surface area (Å²) in [6.07, 6.45) is 4.63. The number of nitrogens with zero attached hydrogens (tertiary/aromatic N) is 1. The topological polar surface area (TPSA) is 32.3 Å². The molecule has 2 heterocycles. The number of fused-ring (bicyclic) bond motifs is 2. The first kappa shape index (κ1) is 17.6. The zero-order valence-electron chi connectivity index (χ0n) is 15.1.